The first-order valence-corrected chi connectivity index (χ1v) is 8.11. The summed E-state index contributed by atoms with van der Waals surface area (Å²) in [7, 11) is 1.65. The molecule has 0 saturated carbocycles. The van der Waals surface area contributed by atoms with E-state index in [9.17, 15) is 9.59 Å². The number of benzene rings is 2. The lowest BCUT2D eigenvalue weighted by Crippen LogP contribution is -2.49. The van der Waals surface area contributed by atoms with E-state index in [0.717, 1.165) is 25.4 Å². The van der Waals surface area contributed by atoms with Gasteiger partial charge in [0.15, 0.2) is 5.78 Å². The number of nitrogens with two attached hydrogens (primary N) is 1. The highest BCUT2D eigenvalue weighted by Gasteiger charge is 2.32. The Balaban J connectivity index is 1.51. The van der Waals surface area contributed by atoms with Gasteiger partial charge in [-0.3, -0.25) is 9.69 Å². The minimum atomic E-state index is -0.618. The van der Waals surface area contributed by atoms with Crippen molar-refractivity contribution in [3.8, 4) is 5.75 Å². The van der Waals surface area contributed by atoms with Gasteiger partial charge in [0.25, 0.3) is 0 Å². The van der Waals surface area contributed by atoms with Crippen LogP contribution in [0.3, 0.4) is 0 Å². The van der Waals surface area contributed by atoms with E-state index in [1.54, 1.807) is 31.4 Å². The lowest BCUT2D eigenvalue weighted by molar-refractivity contribution is 0.0595. The van der Waals surface area contributed by atoms with Crippen LogP contribution in [0.2, 0.25) is 0 Å². The van der Waals surface area contributed by atoms with Crippen molar-refractivity contribution >= 4 is 17.5 Å². The van der Waals surface area contributed by atoms with Gasteiger partial charge in [-0.05, 0) is 42.0 Å². The van der Waals surface area contributed by atoms with Crippen LogP contribution in [0.5, 0.6) is 5.75 Å². The van der Waals surface area contributed by atoms with E-state index in [0.29, 0.717) is 11.3 Å². The number of ether oxygens (including phenoxy) is 1. The van der Waals surface area contributed by atoms with Crippen LogP contribution < -0.4 is 15.8 Å². The molecule has 0 spiro atoms. The van der Waals surface area contributed by atoms with E-state index in [1.165, 1.54) is 5.56 Å². The largest absolute Gasteiger partial charge is 0.497 e. The molecule has 6 heteroatoms. The molecule has 1 fully saturated rings. The molecule has 0 atom stereocenters. The number of nitrogens with zero attached hydrogens (tertiary/aromatic N) is 1. The summed E-state index contributed by atoms with van der Waals surface area (Å²) in [6.07, 6.45) is 0. The molecule has 1 heterocycles. The highest BCUT2D eigenvalue weighted by molar-refractivity contribution is 5.99. The monoisotopic (exact) mass is 339 g/mol. The third-order valence-electron chi connectivity index (χ3n) is 4.33. The third-order valence-corrected chi connectivity index (χ3v) is 4.33. The third kappa shape index (κ3) is 4.16. The number of hydrogen-bond donors (Lipinski definition) is 2. The van der Waals surface area contributed by atoms with Gasteiger partial charge in [0.2, 0.25) is 0 Å². The first-order chi connectivity index (χ1) is 12.0. The molecule has 3 rings (SSSR count). The number of rotatable bonds is 6. The molecule has 0 bridgehead atoms. The van der Waals surface area contributed by atoms with Crippen LogP contribution in [-0.2, 0) is 6.54 Å². The summed E-state index contributed by atoms with van der Waals surface area (Å²) in [6, 6.07) is 14.2. The summed E-state index contributed by atoms with van der Waals surface area (Å²) >= 11 is 0. The van der Waals surface area contributed by atoms with Crippen LogP contribution in [0.1, 0.15) is 15.9 Å². The van der Waals surface area contributed by atoms with Crippen LogP contribution >= 0.6 is 0 Å². The van der Waals surface area contributed by atoms with Crippen LogP contribution in [0.15, 0.2) is 48.5 Å². The number of nitrogens with one attached hydrogen (secondary N) is 1. The van der Waals surface area contributed by atoms with Crippen LogP contribution in [0.4, 0.5) is 10.5 Å². The molecule has 6 nitrogen and oxygen atoms in total. The van der Waals surface area contributed by atoms with E-state index >= 15 is 0 Å². The Kier molecular flexibility index (Phi) is 5.00. The van der Waals surface area contributed by atoms with Gasteiger partial charge < -0.3 is 15.8 Å². The second-order valence-corrected chi connectivity index (χ2v) is 6.17. The van der Waals surface area contributed by atoms with Gasteiger partial charge in [0.1, 0.15) is 5.75 Å². The van der Waals surface area contributed by atoms with E-state index in [1.807, 2.05) is 24.3 Å². The molecular weight excluding hydrogens is 318 g/mol. The number of urea groups is 1. The van der Waals surface area contributed by atoms with Crippen molar-refractivity contribution in [2.75, 3.05) is 25.5 Å². The van der Waals surface area contributed by atoms with Crippen LogP contribution in [0, 0.1) is 5.92 Å². The highest BCUT2D eigenvalue weighted by atomic mass is 16.5. The van der Waals surface area contributed by atoms with Gasteiger partial charge in [-0.2, -0.15) is 0 Å². The maximum atomic E-state index is 12.5. The zero-order valence-corrected chi connectivity index (χ0v) is 14.1. The molecule has 2 aromatic rings. The number of primary amides is 1. The Hall–Kier alpha value is -2.86. The smallest absolute Gasteiger partial charge is 0.316 e. The second-order valence-electron chi connectivity index (χ2n) is 6.17. The molecule has 0 aromatic heterocycles. The number of likely N-dealkylation sites (tertiary alicyclic amines) is 1. The van der Waals surface area contributed by atoms with Crippen LogP contribution in [-0.4, -0.2) is 36.9 Å². The molecule has 2 amide bonds. The average molecular weight is 339 g/mol. The Labute approximate surface area is 146 Å². The molecule has 130 valence electrons. The molecule has 0 unspecified atom stereocenters. The van der Waals surface area contributed by atoms with Crippen LogP contribution in [0.25, 0.3) is 0 Å². The molecule has 0 radical (unpaired) electrons. The first kappa shape index (κ1) is 17.0. The summed E-state index contributed by atoms with van der Waals surface area (Å²) in [5.74, 6) is 1.000. The number of Topliss-reactive ketones (excluding diaryl/α,β-unsaturated/α-hetero) is 1. The predicted octanol–water partition coefficient (Wildman–Crippen LogP) is 2.50. The molecule has 25 heavy (non-hydrogen) atoms. The number of carbonyl (C=O) groups excluding carboxylic acids is 2. The number of hydrogen-bond acceptors (Lipinski definition) is 4. The standard InChI is InChI=1S/C19H21N3O3/c1-25-17-8-2-13(3-9-17)10-22-11-15(12-22)18(23)14-4-6-16(7-5-14)21-19(20)24/h2-9,15H,10-12H2,1H3,(H3,20,21,24). The van der Waals surface area contributed by atoms with E-state index in [2.05, 4.69) is 10.2 Å². The number of carbonyl (C=O) groups is 2. The van der Waals surface area contributed by atoms with Crippen molar-refractivity contribution in [3.63, 3.8) is 0 Å². The van der Waals surface area contributed by atoms with E-state index < -0.39 is 6.03 Å². The Morgan fingerprint density at radius 1 is 1.12 bits per heavy atom. The fourth-order valence-corrected chi connectivity index (χ4v) is 2.95. The summed E-state index contributed by atoms with van der Waals surface area (Å²) in [6.45, 7) is 2.34. The Morgan fingerprint density at radius 2 is 1.76 bits per heavy atom. The van der Waals surface area contributed by atoms with Crippen molar-refractivity contribution in [3.05, 3.63) is 59.7 Å². The fourth-order valence-electron chi connectivity index (χ4n) is 2.95. The van der Waals surface area contributed by atoms with Crippen molar-refractivity contribution in [1.82, 2.24) is 4.90 Å². The Bertz CT molecular complexity index is 750. The van der Waals surface area contributed by atoms with Crippen molar-refractivity contribution in [1.29, 1.82) is 0 Å². The van der Waals surface area contributed by atoms with E-state index in [4.69, 9.17) is 10.5 Å². The zero-order valence-electron chi connectivity index (χ0n) is 14.1. The predicted molar refractivity (Wildman–Crippen MR) is 95.7 cm³/mol. The summed E-state index contributed by atoms with van der Waals surface area (Å²) < 4.78 is 5.15. The number of anilines is 1. The lowest BCUT2D eigenvalue weighted by Gasteiger charge is -2.38. The highest BCUT2D eigenvalue weighted by Crippen LogP contribution is 2.24. The zero-order chi connectivity index (χ0) is 17.8. The second kappa shape index (κ2) is 7.36. The molecule has 1 aliphatic heterocycles. The Morgan fingerprint density at radius 3 is 2.32 bits per heavy atom. The van der Waals surface area contributed by atoms with Crippen molar-refractivity contribution in [2.24, 2.45) is 11.7 Å². The minimum Gasteiger partial charge on any atom is -0.497 e. The number of methoxy groups -OCH3 is 1. The molecule has 2 aromatic carbocycles. The minimum absolute atomic E-state index is 0.0215. The van der Waals surface area contributed by atoms with Gasteiger partial charge in [-0.25, -0.2) is 4.79 Å². The van der Waals surface area contributed by atoms with E-state index in [-0.39, 0.29) is 11.7 Å². The van der Waals surface area contributed by atoms with Gasteiger partial charge in [-0.1, -0.05) is 12.1 Å². The van der Waals surface area contributed by atoms with Crippen molar-refractivity contribution in [2.45, 2.75) is 6.54 Å². The lowest BCUT2D eigenvalue weighted by atomic mass is 9.90. The SMILES string of the molecule is COc1ccc(CN2CC(C(=O)c3ccc(NC(N)=O)cc3)C2)cc1. The van der Waals surface area contributed by atoms with Gasteiger partial charge in [0.05, 0.1) is 7.11 Å². The molecule has 1 aliphatic rings. The molecule has 3 N–H and O–H groups in total. The number of amides is 2. The first-order valence-electron chi connectivity index (χ1n) is 8.11. The normalized spacial score (nSPS) is 14.6. The topological polar surface area (TPSA) is 84.7 Å². The average Bonchev–Trinajstić information content (AvgIpc) is 2.58. The fraction of sp³-hybridized carbons (Fsp3) is 0.263. The molecular formula is C19H21N3O3. The molecule has 1 saturated heterocycles. The maximum Gasteiger partial charge on any atom is 0.316 e. The summed E-state index contributed by atoms with van der Waals surface area (Å²) in [5.41, 5.74) is 7.51. The quantitative estimate of drug-likeness (QED) is 0.792. The van der Waals surface area contributed by atoms with Gasteiger partial charge >= 0.3 is 6.03 Å². The van der Waals surface area contributed by atoms with Gasteiger partial charge in [-0.15, -0.1) is 0 Å². The molecule has 0 aliphatic carbocycles. The number of ketones is 1. The summed E-state index contributed by atoms with van der Waals surface area (Å²) in [5, 5.41) is 2.48. The summed E-state index contributed by atoms with van der Waals surface area (Å²) in [4.78, 5) is 25.5. The van der Waals surface area contributed by atoms with Crippen molar-refractivity contribution < 1.29 is 14.3 Å². The maximum absolute atomic E-state index is 12.5. The van der Waals surface area contributed by atoms with Gasteiger partial charge in [0, 0.05) is 36.8 Å².